The first-order valence-electron chi connectivity index (χ1n) is 6.18. The highest BCUT2D eigenvalue weighted by Gasteiger charge is 2.36. The van der Waals surface area contributed by atoms with E-state index in [2.05, 4.69) is 23.2 Å². The number of ether oxygens (including phenoxy) is 1. The Morgan fingerprint density at radius 1 is 1.47 bits per heavy atom. The number of fused-ring (bicyclic) bond motifs is 2. The molecule has 2 unspecified atom stereocenters. The minimum absolute atomic E-state index is 0.452. The number of halogens is 1. The van der Waals surface area contributed by atoms with Gasteiger partial charge in [0.05, 0.1) is 35.7 Å². The van der Waals surface area contributed by atoms with Crippen molar-refractivity contribution in [3.05, 3.63) is 23.2 Å². The summed E-state index contributed by atoms with van der Waals surface area (Å²) < 4.78 is 5.61. The average molecular weight is 253 g/mol. The fourth-order valence-electron chi connectivity index (χ4n) is 2.88. The van der Waals surface area contributed by atoms with E-state index in [9.17, 15) is 0 Å². The van der Waals surface area contributed by atoms with E-state index in [1.54, 1.807) is 0 Å². The van der Waals surface area contributed by atoms with Gasteiger partial charge in [-0.2, -0.15) is 0 Å². The van der Waals surface area contributed by atoms with Crippen LogP contribution in [0.15, 0.2) is 18.2 Å². The maximum atomic E-state index is 6.36. The lowest BCUT2D eigenvalue weighted by Crippen LogP contribution is -2.40. The number of benzene rings is 1. The zero-order valence-electron chi connectivity index (χ0n) is 9.95. The minimum atomic E-state index is 0.452. The average Bonchev–Trinajstić information content (AvgIpc) is 2.73. The van der Waals surface area contributed by atoms with Crippen LogP contribution in [0.3, 0.4) is 0 Å². The van der Waals surface area contributed by atoms with E-state index in [-0.39, 0.29) is 0 Å². The Labute approximate surface area is 107 Å². The zero-order chi connectivity index (χ0) is 11.8. The number of hydrogen-bond acceptors (Lipinski definition) is 3. The molecule has 0 saturated carbocycles. The fourth-order valence-corrected chi connectivity index (χ4v) is 3.16. The van der Waals surface area contributed by atoms with Gasteiger partial charge in [-0.05, 0) is 19.1 Å². The van der Waals surface area contributed by atoms with Crippen molar-refractivity contribution < 1.29 is 4.74 Å². The van der Waals surface area contributed by atoms with Crippen LogP contribution >= 0.6 is 11.6 Å². The van der Waals surface area contributed by atoms with Crippen molar-refractivity contribution in [2.45, 2.75) is 13.0 Å². The molecule has 4 heteroatoms. The molecule has 1 aromatic rings. The van der Waals surface area contributed by atoms with Crippen molar-refractivity contribution in [3.8, 4) is 0 Å². The fraction of sp³-hybridized carbons (Fsp3) is 0.538. The van der Waals surface area contributed by atoms with E-state index >= 15 is 0 Å². The summed E-state index contributed by atoms with van der Waals surface area (Å²) >= 11 is 6.36. The molecule has 1 N–H and O–H groups in total. The molecule has 2 atom stereocenters. The van der Waals surface area contributed by atoms with Crippen molar-refractivity contribution in [1.29, 1.82) is 0 Å². The molecule has 3 nitrogen and oxygen atoms in total. The summed E-state index contributed by atoms with van der Waals surface area (Å²) in [5.74, 6) is 0.554. The minimum Gasteiger partial charge on any atom is -0.383 e. The maximum absolute atomic E-state index is 6.36. The second-order valence-corrected chi connectivity index (χ2v) is 5.08. The number of nitrogens with zero attached hydrogens (tertiary/aromatic N) is 1. The Morgan fingerprint density at radius 3 is 3.18 bits per heavy atom. The maximum Gasteiger partial charge on any atom is 0.0794 e. The Hall–Kier alpha value is -0.930. The van der Waals surface area contributed by atoms with Crippen molar-refractivity contribution in [1.82, 2.24) is 0 Å². The van der Waals surface area contributed by atoms with Crippen LogP contribution in [0.1, 0.15) is 6.92 Å². The lowest BCUT2D eigenvalue weighted by Gasteiger charge is -2.31. The molecule has 0 radical (unpaired) electrons. The first-order chi connectivity index (χ1) is 8.31. The van der Waals surface area contributed by atoms with E-state index in [0.29, 0.717) is 12.0 Å². The first-order valence-corrected chi connectivity index (χ1v) is 6.56. The highest BCUT2D eigenvalue weighted by molar-refractivity contribution is 6.34. The lowest BCUT2D eigenvalue weighted by atomic mass is 10.0. The molecule has 3 rings (SSSR count). The Balaban J connectivity index is 2.07. The van der Waals surface area contributed by atoms with Gasteiger partial charge in [0.1, 0.15) is 0 Å². The third-order valence-corrected chi connectivity index (χ3v) is 4.04. The molecule has 0 bridgehead atoms. The van der Waals surface area contributed by atoms with Gasteiger partial charge in [-0.3, -0.25) is 0 Å². The summed E-state index contributed by atoms with van der Waals surface area (Å²) in [6.45, 7) is 5.76. The molecule has 92 valence electrons. The monoisotopic (exact) mass is 252 g/mol. The van der Waals surface area contributed by atoms with E-state index in [4.69, 9.17) is 16.3 Å². The quantitative estimate of drug-likeness (QED) is 0.832. The van der Waals surface area contributed by atoms with Crippen molar-refractivity contribution in [2.75, 3.05) is 36.5 Å². The van der Waals surface area contributed by atoms with Gasteiger partial charge in [0.15, 0.2) is 0 Å². The van der Waals surface area contributed by atoms with Crippen LogP contribution in [-0.2, 0) is 4.74 Å². The number of hydrogen-bond donors (Lipinski definition) is 1. The number of nitrogens with one attached hydrogen (secondary N) is 1. The number of rotatable bonds is 1. The van der Waals surface area contributed by atoms with Crippen molar-refractivity contribution in [2.24, 2.45) is 5.92 Å². The molecule has 1 saturated heterocycles. The van der Waals surface area contributed by atoms with Crippen LogP contribution in [-0.4, -0.2) is 32.3 Å². The van der Waals surface area contributed by atoms with E-state index in [0.717, 1.165) is 42.7 Å². The summed E-state index contributed by atoms with van der Waals surface area (Å²) in [5, 5.41) is 4.32. The van der Waals surface area contributed by atoms with Crippen LogP contribution < -0.4 is 10.2 Å². The molecule has 2 aliphatic heterocycles. The second-order valence-electron chi connectivity index (χ2n) is 4.67. The third kappa shape index (κ3) is 1.78. The molecular formula is C13H17ClN2O. The predicted octanol–water partition coefficient (Wildman–Crippen LogP) is 2.61. The second kappa shape index (κ2) is 4.39. The van der Waals surface area contributed by atoms with Gasteiger partial charge in [0, 0.05) is 19.0 Å². The summed E-state index contributed by atoms with van der Waals surface area (Å²) in [7, 11) is 0. The standard InChI is InChI=1S/C13H17ClN2O/c1-2-16-12-8-17-7-9(12)6-15-11-5-3-4-10(14)13(11)16/h3-5,9,12,15H,2,6-8H2,1H3. The van der Waals surface area contributed by atoms with Crippen LogP contribution in [0.4, 0.5) is 11.4 Å². The van der Waals surface area contributed by atoms with Gasteiger partial charge in [0.2, 0.25) is 0 Å². The number of para-hydroxylation sites is 1. The predicted molar refractivity (Wildman–Crippen MR) is 71.1 cm³/mol. The number of anilines is 2. The molecule has 17 heavy (non-hydrogen) atoms. The van der Waals surface area contributed by atoms with Crippen LogP contribution in [0.5, 0.6) is 0 Å². The topological polar surface area (TPSA) is 24.5 Å². The Bertz CT molecular complexity index is 424. The number of likely N-dealkylation sites (N-methyl/N-ethyl adjacent to an activating group) is 1. The molecule has 2 heterocycles. The van der Waals surface area contributed by atoms with Gasteiger partial charge < -0.3 is 15.0 Å². The molecule has 0 aromatic heterocycles. The largest absolute Gasteiger partial charge is 0.383 e. The molecule has 0 spiro atoms. The van der Waals surface area contributed by atoms with E-state index < -0.39 is 0 Å². The van der Waals surface area contributed by atoms with E-state index in [1.807, 2.05) is 12.1 Å². The normalized spacial score (nSPS) is 27.1. The Morgan fingerprint density at radius 2 is 2.35 bits per heavy atom. The summed E-state index contributed by atoms with van der Waals surface area (Å²) in [6.07, 6.45) is 0. The molecule has 0 aliphatic carbocycles. The SMILES string of the molecule is CCN1c2c(Cl)cccc2NCC2COCC21. The Kier molecular flexibility index (Phi) is 2.89. The van der Waals surface area contributed by atoms with E-state index in [1.165, 1.54) is 0 Å². The summed E-state index contributed by atoms with van der Waals surface area (Å²) in [6, 6.07) is 6.51. The van der Waals surface area contributed by atoms with Crippen LogP contribution in [0.25, 0.3) is 0 Å². The molecule has 2 aliphatic rings. The van der Waals surface area contributed by atoms with Gasteiger partial charge in [-0.15, -0.1) is 0 Å². The third-order valence-electron chi connectivity index (χ3n) is 3.73. The smallest absolute Gasteiger partial charge is 0.0794 e. The summed E-state index contributed by atoms with van der Waals surface area (Å²) in [4.78, 5) is 2.38. The first kappa shape index (κ1) is 11.2. The molecule has 1 aromatic carbocycles. The van der Waals surface area contributed by atoms with Crippen LogP contribution in [0.2, 0.25) is 5.02 Å². The van der Waals surface area contributed by atoms with Crippen molar-refractivity contribution in [3.63, 3.8) is 0 Å². The van der Waals surface area contributed by atoms with Gasteiger partial charge >= 0.3 is 0 Å². The van der Waals surface area contributed by atoms with Crippen LogP contribution in [0, 0.1) is 5.92 Å². The summed E-state index contributed by atoms with van der Waals surface area (Å²) in [5.41, 5.74) is 2.28. The molecule has 1 fully saturated rings. The highest BCUT2D eigenvalue weighted by Crippen LogP contribution is 2.39. The lowest BCUT2D eigenvalue weighted by molar-refractivity contribution is 0.185. The molecule has 0 amide bonds. The van der Waals surface area contributed by atoms with Gasteiger partial charge in [-0.1, -0.05) is 17.7 Å². The highest BCUT2D eigenvalue weighted by atomic mass is 35.5. The van der Waals surface area contributed by atoms with Crippen molar-refractivity contribution >= 4 is 23.0 Å². The zero-order valence-corrected chi connectivity index (χ0v) is 10.7. The van der Waals surface area contributed by atoms with Gasteiger partial charge in [0.25, 0.3) is 0 Å². The van der Waals surface area contributed by atoms with Gasteiger partial charge in [-0.25, -0.2) is 0 Å². The molecular weight excluding hydrogens is 236 g/mol.